The fraction of sp³-hybridized carbons (Fsp3) is 1.00. The van der Waals surface area contributed by atoms with Crippen molar-refractivity contribution in [2.45, 2.75) is 61.3 Å². The van der Waals surface area contributed by atoms with Crippen LogP contribution < -0.4 is 5.32 Å². The number of hydrogen-bond acceptors (Lipinski definition) is 1. The van der Waals surface area contributed by atoms with Gasteiger partial charge in [0.05, 0.1) is 0 Å². The molecule has 0 aliphatic heterocycles. The highest BCUT2D eigenvalue weighted by Crippen LogP contribution is 2.38. The molecule has 92 valence electrons. The standard InChI is InChI=1S/C14H31N/c1-8-9-15-11-13(4,5)10-14(6,7)12(2)3/h12,15H,8-11H2,1-7H3. The molecule has 1 heteroatoms. The van der Waals surface area contributed by atoms with E-state index in [0.717, 1.165) is 19.0 Å². The van der Waals surface area contributed by atoms with Gasteiger partial charge >= 0.3 is 0 Å². The van der Waals surface area contributed by atoms with Crippen LogP contribution in [0.25, 0.3) is 0 Å². The summed E-state index contributed by atoms with van der Waals surface area (Å²) in [6, 6.07) is 0. The summed E-state index contributed by atoms with van der Waals surface area (Å²) in [5.74, 6) is 0.753. The summed E-state index contributed by atoms with van der Waals surface area (Å²) in [5.41, 5.74) is 0.848. The molecular formula is C14H31N. The lowest BCUT2D eigenvalue weighted by atomic mass is 9.69. The fourth-order valence-corrected chi connectivity index (χ4v) is 2.10. The van der Waals surface area contributed by atoms with E-state index >= 15 is 0 Å². The van der Waals surface area contributed by atoms with Crippen molar-refractivity contribution in [3.05, 3.63) is 0 Å². The van der Waals surface area contributed by atoms with E-state index in [-0.39, 0.29) is 0 Å². The predicted octanol–water partition coefficient (Wildman–Crippen LogP) is 4.08. The highest BCUT2D eigenvalue weighted by atomic mass is 14.9. The average Bonchev–Trinajstić information content (AvgIpc) is 2.01. The first kappa shape index (κ1) is 15.0. The van der Waals surface area contributed by atoms with Crippen LogP contribution in [0, 0.1) is 16.7 Å². The molecule has 0 amide bonds. The molecular weight excluding hydrogens is 182 g/mol. The van der Waals surface area contributed by atoms with E-state index in [1.165, 1.54) is 12.8 Å². The van der Waals surface area contributed by atoms with E-state index in [9.17, 15) is 0 Å². The van der Waals surface area contributed by atoms with Gasteiger partial charge in [-0.05, 0) is 36.1 Å². The van der Waals surface area contributed by atoms with E-state index in [1.807, 2.05) is 0 Å². The quantitative estimate of drug-likeness (QED) is 0.628. The second-order valence-electron chi connectivity index (χ2n) is 6.66. The minimum absolute atomic E-state index is 0.406. The van der Waals surface area contributed by atoms with Gasteiger partial charge < -0.3 is 5.32 Å². The zero-order valence-electron chi connectivity index (χ0n) is 11.9. The molecule has 1 N–H and O–H groups in total. The Kier molecular flexibility index (Phi) is 5.87. The first-order valence-electron chi connectivity index (χ1n) is 6.42. The zero-order valence-corrected chi connectivity index (χ0v) is 11.9. The Hall–Kier alpha value is -0.0400. The van der Waals surface area contributed by atoms with Gasteiger partial charge in [0.15, 0.2) is 0 Å². The Labute approximate surface area is 97.0 Å². The Morgan fingerprint density at radius 3 is 2.00 bits per heavy atom. The number of rotatable bonds is 7. The largest absolute Gasteiger partial charge is 0.316 e. The lowest BCUT2D eigenvalue weighted by Crippen LogP contribution is -2.35. The fourth-order valence-electron chi connectivity index (χ4n) is 2.10. The highest BCUT2D eigenvalue weighted by molar-refractivity contribution is 4.82. The van der Waals surface area contributed by atoms with Crippen LogP contribution in [0.4, 0.5) is 0 Å². The van der Waals surface area contributed by atoms with Crippen molar-refractivity contribution in [3.8, 4) is 0 Å². The van der Waals surface area contributed by atoms with Crippen LogP contribution in [-0.2, 0) is 0 Å². The Morgan fingerprint density at radius 2 is 1.60 bits per heavy atom. The van der Waals surface area contributed by atoms with Gasteiger partial charge in [0, 0.05) is 6.54 Å². The van der Waals surface area contributed by atoms with Crippen molar-refractivity contribution in [2.75, 3.05) is 13.1 Å². The van der Waals surface area contributed by atoms with Gasteiger partial charge in [0.1, 0.15) is 0 Å². The summed E-state index contributed by atoms with van der Waals surface area (Å²) in [5, 5.41) is 3.54. The minimum atomic E-state index is 0.406. The maximum absolute atomic E-state index is 3.54. The predicted molar refractivity (Wildman–Crippen MR) is 70.2 cm³/mol. The first-order valence-corrected chi connectivity index (χ1v) is 6.42. The van der Waals surface area contributed by atoms with Crippen molar-refractivity contribution in [1.82, 2.24) is 5.32 Å². The van der Waals surface area contributed by atoms with Gasteiger partial charge in [-0.25, -0.2) is 0 Å². The molecule has 0 aromatic rings. The molecule has 0 saturated carbocycles. The zero-order chi connectivity index (χ0) is 12.1. The number of nitrogens with one attached hydrogen (secondary N) is 1. The highest BCUT2D eigenvalue weighted by Gasteiger charge is 2.30. The molecule has 0 aromatic heterocycles. The third-order valence-corrected chi connectivity index (χ3v) is 3.53. The second kappa shape index (κ2) is 5.89. The van der Waals surface area contributed by atoms with E-state index in [4.69, 9.17) is 0 Å². The summed E-state index contributed by atoms with van der Waals surface area (Å²) in [6.45, 7) is 18.7. The van der Waals surface area contributed by atoms with Crippen LogP contribution in [-0.4, -0.2) is 13.1 Å². The smallest absolute Gasteiger partial charge is 0.000272 e. The average molecular weight is 213 g/mol. The molecule has 0 aromatic carbocycles. The van der Waals surface area contributed by atoms with Crippen LogP contribution >= 0.6 is 0 Å². The molecule has 0 saturated heterocycles. The van der Waals surface area contributed by atoms with Crippen molar-refractivity contribution in [2.24, 2.45) is 16.7 Å². The number of hydrogen-bond donors (Lipinski definition) is 1. The lowest BCUT2D eigenvalue weighted by molar-refractivity contribution is 0.138. The molecule has 0 aliphatic carbocycles. The van der Waals surface area contributed by atoms with E-state index in [1.54, 1.807) is 0 Å². The van der Waals surface area contributed by atoms with Crippen LogP contribution in [0.3, 0.4) is 0 Å². The van der Waals surface area contributed by atoms with Gasteiger partial charge in [-0.1, -0.05) is 48.5 Å². The molecule has 0 unspecified atom stereocenters. The summed E-state index contributed by atoms with van der Waals surface area (Å²) in [7, 11) is 0. The molecule has 0 fully saturated rings. The first-order chi connectivity index (χ1) is 6.71. The Bertz CT molecular complexity index is 168. The van der Waals surface area contributed by atoms with Crippen molar-refractivity contribution in [3.63, 3.8) is 0 Å². The van der Waals surface area contributed by atoms with E-state index in [0.29, 0.717) is 10.8 Å². The Balaban J connectivity index is 4.12. The Morgan fingerprint density at radius 1 is 1.07 bits per heavy atom. The van der Waals surface area contributed by atoms with Gasteiger partial charge in [0.25, 0.3) is 0 Å². The molecule has 15 heavy (non-hydrogen) atoms. The van der Waals surface area contributed by atoms with E-state index in [2.05, 4.69) is 53.8 Å². The van der Waals surface area contributed by atoms with Gasteiger partial charge in [-0.2, -0.15) is 0 Å². The maximum atomic E-state index is 3.54. The van der Waals surface area contributed by atoms with Gasteiger partial charge in [-0.3, -0.25) is 0 Å². The van der Waals surface area contributed by atoms with Crippen LogP contribution in [0.2, 0.25) is 0 Å². The topological polar surface area (TPSA) is 12.0 Å². The van der Waals surface area contributed by atoms with Crippen LogP contribution in [0.1, 0.15) is 61.3 Å². The maximum Gasteiger partial charge on any atom is 0.000272 e. The summed E-state index contributed by atoms with van der Waals surface area (Å²) in [4.78, 5) is 0. The van der Waals surface area contributed by atoms with Crippen LogP contribution in [0.15, 0.2) is 0 Å². The molecule has 0 bridgehead atoms. The second-order valence-corrected chi connectivity index (χ2v) is 6.66. The third kappa shape index (κ3) is 6.19. The molecule has 0 aliphatic rings. The van der Waals surface area contributed by atoms with Crippen molar-refractivity contribution >= 4 is 0 Å². The lowest BCUT2D eigenvalue weighted by Gasteiger charge is -2.38. The van der Waals surface area contributed by atoms with Crippen LogP contribution in [0.5, 0.6) is 0 Å². The van der Waals surface area contributed by atoms with Crippen molar-refractivity contribution in [1.29, 1.82) is 0 Å². The van der Waals surface area contributed by atoms with Crippen molar-refractivity contribution < 1.29 is 0 Å². The normalized spacial score (nSPS) is 13.6. The molecule has 0 radical (unpaired) electrons. The SMILES string of the molecule is CCCNCC(C)(C)CC(C)(C)C(C)C. The molecule has 0 atom stereocenters. The molecule has 0 spiro atoms. The molecule has 0 heterocycles. The van der Waals surface area contributed by atoms with E-state index < -0.39 is 0 Å². The summed E-state index contributed by atoms with van der Waals surface area (Å²) < 4.78 is 0. The van der Waals surface area contributed by atoms with Gasteiger partial charge in [0.2, 0.25) is 0 Å². The minimum Gasteiger partial charge on any atom is -0.316 e. The third-order valence-electron chi connectivity index (χ3n) is 3.53. The molecule has 1 nitrogen and oxygen atoms in total. The summed E-state index contributed by atoms with van der Waals surface area (Å²) >= 11 is 0. The van der Waals surface area contributed by atoms with Gasteiger partial charge in [-0.15, -0.1) is 0 Å². The monoisotopic (exact) mass is 213 g/mol. The molecule has 0 rings (SSSR count). The summed E-state index contributed by atoms with van der Waals surface area (Å²) in [6.07, 6.45) is 2.51.